The summed E-state index contributed by atoms with van der Waals surface area (Å²) in [6, 6.07) is 6.50. The van der Waals surface area contributed by atoms with Crippen LogP contribution in [0.4, 0.5) is 11.4 Å². The van der Waals surface area contributed by atoms with Gasteiger partial charge in [-0.3, -0.25) is 4.98 Å². The van der Waals surface area contributed by atoms with Crippen LogP contribution in [-0.2, 0) is 6.54 Å². The molecule has 20 heavy (non-hydrogen) atoms. The van der Waals surface area contributed by atoms with Crippen molar-refractivity contribution in [2.24, 2.45) is 0 Å². The van der Waals surface area contributed by atoms with E-state index < -0.39 is 5.97 Å². The number of nitrogens with zero attached hydrogens (tertiary/aromatic N) is 2. The second-order valence-electron chi connectivity index (χ2n) is 4.40. The Bertz CT molecular complexity index is 646. The predicted molar refractivity (Wildman–Crippen MR) is 79.2 cm³/mol. The lowest BCUT2D eigenvalue weighted by Crippen LogP contribution is -2.18. The number of carboxylic acids is 1. The van der Waals surface area contributed by atoms with E-state index in [1.165, 1.54) is 12.1 Å². The molecule has 2 rings (SSSR count). The summed E-state index contributed by atoms with van der Waals surface area (Å²) in [6.45, 7) is 0.554. The molecular weight excluding hydrogens is 278 g/mol. The highest BCUT2D eigenvalue weighted by atomic mass is 35.5. The van der Waals surface area contributed by atoms with Crippen LogP contribution in [0.1, 0.15) is 15.9 Å². The lowest BCUT2D eigenvalue weighted by Gasteiger charge is -2.21. The van der Waals surface area contributed by atoms with Crippen molar-refractivity contribution in [2.75, 3.05) is 17.7 Å². The average Bonchev–Trinajstić information content (AvgIpc) is 2.41. The van der Waals surface area contributed by atoms with E-state index in [1.54, 1.807) is 18.5 Å². The maximum Gasteiger partial charge on any atom is 0.335 e. The van der Waals surface area contributed by atoms with Crippen molar-refractivity contribution >= 4 is 28.9 Å². The van der Waals surface area contributed by atoms with Crippen molar-refractivity contribution in [1.82, 2.24) is 4.98 Å². The molecule has 1 aromatic heterocycles. The molecule has 0 saturated carbocycles. The summed E-state index contributed by atoms with van der Waals surface area (Å²) >= 11 is 6.06. The number of aromatic carboxylic acids is 1. The predicted octanol–water partition coefficient (Wildman–Crippen LogP) is 2.65. The molecule has 0 fully saturated rings. The van der Waals surface area contributed by atoms with Crippen LogP contribution in [0.2, 0.25) is 5.02 Å². The quantitative estimate of drug-likeness (QED) is 0.847. The van der Waals surface area contributed by atoms with Gasteiger partial charge in [0.15, 0.2) is 0 Å². The van der Waals surface area contributed by atoms with Crippen LogP contribution in [0.25, 0.3) is 0 Å². The van der Waals surface area contributed by atoms with Gasteiger partial charge in [0.05, 0.1) is 22.0 Å². The van der Waals surface area contributed by atoms with Crippen LogP contribution < -0.4 is 10.6 Å². The first kappa shape index (κ1) is 14.1. The third-order valence-corrected chi connectivity index (χ3v) is 3.29. The van der Waals surface area contributed by atoms with Gasteiger partial charge in [-0.15, -0.1) is 0 Å². The van der Waals surface area contributed by atoms with Gasteiger partial charge in [0, 0.05) is 26.0 Å². The monoisotopic (exact) mass is 291 g/mol. The minimum Gasteiger partial charge on any atom is -0.478 e. The van der Waals surface area contributed by atoms with Gasteiger partial charge in [-0.25, -0.2) is 4.79 Å². The maximum atomic E-state index is 10.9. The fourth-order valence-electron chi connectivity index (χ4n) is 1.91. The Morgan fingerprint density at radius 3 is 2.80 bits per heavy atom. The van der Waals surface area contributed by atoms with E-state index in [4.69, 9.17) is 22.4 Å². The number of benzene rings is 1. The Balaban J connectivity index is 2.23. The van der Waals surface area contributed by atoms with E-state index >= 15 is 0 Å². The molecule has 5 nitrogen and oxygen atoms in total. The van der Waals surface area contributed by atoms with Crippen molar-refractivity contribution < 1.29 is 9.90 Å². The highest BCUT2D eigenvalue weighted by Crippen LogP contribution is 2.26. The molecular formula is C14H14ClN3O2. The zero-order valence-electron chi connectivity index (χ0n) is 10.9. The molecule has 104 valence electrons. The summed E-state index contributed by atoms with van der Waals surface area (Å²) in [5, 5.41) is 9.50. The topological polar surface area (TPSA) is 79.5 Å². The second kappa shape index (κ2) is 5.79. The first-order chi connectivity index (χ1) is 9.49. The minimum atomic E-state index is -0.997. The molecule has 0 amide bonds. The number of hydrogen-bond donors (Lipinski definition) is 2. The average molecular weight is 292 g/mol. The number of rotatable bonds is 4. The molecule has 0 spiro atoms. The molecule has 0 aliphatic heterocycles. The van der Waals surface area contributed by atoms with Gasteiger partial charge in [-0.2, -0.15) is 0 Å². The van der Waals surface area contributed by atoms with Crippen LogP contribution in [0.3, 0.4) is 0 Å². The van der Waals surface area contributed by atoms with Crippen LogP contribution >= 0.6 is 11.6 Å². The third-order valence-electron chi connectivity index (χ3n) is 2.95. The Hall–Kier alpha value is -2.27. The Kier molecular flexibility index (Phi) is 4.10. The number of nitrogens with two attached hydrogens (primary N) is 1. The molecule has 0 bridgehead atoms. The molecule has 0 atom stereocenters. The van der Waals surface area contributed by atoms with E-state index in [0.717, 1.165) is 11.3 Å². The summed E-state index contributed by atoms with van der Waals surface area (Å²) < 4.78 is 0. The number of hydrogen-bond acceptors (Lipinski definition) is 4. The van der Waals surface area contributed by atoms with Crippen molar-refractivity contribution in [3.63, 3.8) is 0 Å². The summed E-state index contributed by atoms with van der Waals surface area (Å²) in [4.78, 5) is 16.7. The van der Waals surface area contributed by atoms with Crippen molar-refractivity contribution in [3.8, 4) is 0 Å². The molecule has 2 aromatic rings. The van der Waals surface area contributed by atoms with Crippen LogP contribution in [-0.4, -0.2) is 23.1 Å². The zero-order valence-corrected chi connectivity index (χ0v) is 11.6. The lowest BCUT2D eigenvalue weighted by molar-refractivity contribution is 0.0697. The molecule has 1 aromatic carbocycles. The smallest absolute Gasteiger partial charge is 0.335 e. The van der Waals surface area contributed by atoms with Gasteiger partial charge in [0.1, 0.15) is 0 Å². The van der Waals surface area contributed by atoms with Crippen LogP contribution in [0.15, 0.2) is 36.7 Å². The summed E-state index contributed by atoms with van der Waals surface area (Å²) in [5.41, 5.74) is 8.16. The van der Waals surface area contributed by atoms with E-state index in [9.17, 15) is 4.79 Å². The first-order valence-electron chi connectivity index (χ1n) is 5.91. The second-order valence-corrected chi connectivity index (χ2v) is 4.81. The number of pyridine rings is 1. The summed E-state index contributed by atoms with van der Waals surface area (Å²) in [5.74, 6) is -0.997. The summed E-state index contributed by atoms with van der Waals surface area (Å²) in [6.07, 6.45) is 3.26. The van der Waals surface area contributed by atoms with Gasteiger partial charge in [0.25, 0.3) is 0 Å². The van der Waals surface area contributed by atoms with E-state index in [1.807, 2.05) is 18.0 Å². The van der Waals surface area contributed by atoms with Gasteiger partial charge in [0.2, 0.25) is 0 Å². The largest absolute Gasteiger partial charge is 0.478 e. The molecule has 0 saturated heterocycles. The van der Waals surface area contributed by atoms with Gasteiger partial charge in [-0.05, 0) is 29.8 Å². The fourth-order valence-corrected chi connectivity index (χ4v) is 2.09. The molecule has 0 unspecified atom stereocenters. The maximum absolute atomic E-state index is 10.9. The SMILES string of the molecule is CN(Cc1ccncc1Cl)c1ccc(C(=O)O)cc1N. The van der Waals surface area contributed by atoms with E-state index in [0.29, 0.717) is 17.3 Å². The Labute approximate surface area is 121 Å². The number of carbonyl (C=O) groups is 1. The normalized spacial score (nSPS) is 10.3. The van der Waals surface area contributed by atoms with E-state index in [2.05, 4.69) is 4.98 Å². The minimum absolute atomic E-state index is 0.168. The molecule has 6 heteroatoms. The molecule has 1 heterocycles. The van der Waals surface area contributed by atoms with Gasteiger partial charge >= 0.3 is 5.97 Å². The number of aromatic nitrogens is 1. The molecule has 0 aliphatic rings. The van der Waals surface area contributed by atoms with Crippen molar-refractivity contribution in [1.29, 1.82) is 0 Å². The number of halogens is 1. The number of carboxylic acid groups (broad SMARTS) is 1. The fraction of sp³-hybridized carbons (Fsp3) is 0.143. The molecule has 3 N–H and O–H groups in total. The lowest BCUT2D eigenvalue weighted by atomic mass is 10.1. The van der Waals surface area contributed by atoms with Gasteiger partial charge in [-0.1, -0.05) is 11.6 Å². The number of anilines is 2. The summed E-state index contributed by atoms with van der Waals surface area (Å²) in [7, 11) is 1.86. The highest BCUT2D eigenvalue weighted by Gasteiger charge is 2.11. The highest BCUT2D eigenvalue weighted by molar-refractivity contribution is 6.31. The zero-order chi connectivity index (χ0) is 14.7. The van der Waals surface area contributed by atoms with Crippen LogP contribution in [0.5, 0.6) is 0 Å². The standard InChI is InChI=1S/C14H14ClN3O2/c1-18(8-10-4-5-17-7-11(10)15)13-3-2-9(14(19)20)6-12(13)16/h2-7H,8,16H2,1H3,(H,19,20). The number of nitrogen functional groups attached to an aromatic ring is 1. The molecule has 0 aliphatic carbocycles. The van der Waals surface area contributed by atoms with Crippen molar-refractivity contribution in [2.45, 2.75) is 6.54 Å². The Morgan fingerprint density at radius 1 is 1.45 bits per heavy atom. The first-order valence-corrected chi connectivity index (χ1v) is 6.29. The Morgan fingerprint density at radius 2 is 2.20 bits per heavy atom. The van der Waals surface area contributed by atoms with Crippen LogP contribution in [0, 0.1) is 0 Å². The van der Waals surface area contributed by atoms with Gasteiger partial charge < -0.3 is 15.7 Å². The third kappa shape index (κ3) is 3.00. The van der Waals surface area contributed by atoms with Crippen molar-refractivity contribution in [3.05, 3.63) is 52.8 Å². The molecule has 0 radical (unpaired) electrons. The van der Waals surface area contributed by atoms with E-state index in [-0.39, 0.29) is 5.56 Å².